The Morgan fingerprint density at radius 1 is 1.03 bits per heavy atom. The zero-order chi connectivity index (χ0) is 23.2. The number of amides is 1. The van der Waals surface area contributed by atoms with Gasteiger partial charge in [-0.1, -0.05) is 18.2 Å². The van der Waals surface area contributed by atoms with Crippen molar-refractivity contribution in [3.8, 4) is 11.5 Å². The van der Waals surface area contributed by atoms with Crippen molar-refractivity contribution in [3.05, 3.63) is 59.2 Å². The molecule has 1 amide bonds. The van der Waals surface area contributed by atoms with Crippen LogP contribution in [0, 0.1) is 0 Å². The summed E-state index contributed by atoms with van der Waals surface area (Å²) in [7, 11) is 1.68. The summed E-state index contributed by atoms with van der Waals surface area (Å²) in [6.45, 7) is 6.92. The molecular formula is C28H36N2O3. The van der Waals surface area contributed by atoms with E-state index in [0.29, 0.717) is 13.0 Å². The summed E-state index contributed by atoms with van der Waals surface area (Å²) in [5.41, 5.74) is 4.25. The van der Waals surface area contributed by atoms with Crippen molar-refractivity contribution in [2.24, 2.45) is 0 Å². The lowest BCUT2D eigenvalue weighted by molar-refractivity contribution is -0.118. The number of rotatable bonds is 8. The smallest absolute Gasteiger partial charge is 0.247 e. The number of benzene rings is 2. The fourth-order valence-corrected chi connectivity index (χ4v) is 4.92. The lowest BCUT2D eigenvalue weighted by atomic mass is 9.87. The molecule has 176 valence electrons. The molecular weight excluding hydrogens is 412 g/mol. The topological polar surface area (TPSA) is 50.8 Å². The van der Waals surface area contributed by atoms with E-state index < -0.39 is 0 Å². The van der Waals surface area contributed by atoms with E-state index in [9.17, 15) is 4.79 Å². The minimum Gasteiger partial charge on any atom is -0.493 e. The number of nitrogens with one attached hydrogen (secondary N) is 1. The van der Waals surface area contributed by atoms with Crippen LogP contribution in [0.15, 0.2) is 48.0 Å². The molecule has 5 nitrogen and oxygen atoms in total. The fourth-order valence-electron chi connectivity index (χ4n) is 4.92. The van der Waals surface area contributed by atoms with Gasteiger partial charge in [-0.2, -0.15) is 0 Å². The van der Waals surface area contributed by atoms with Gasteiger partial charge in [-0.25, -0.2) is 0 Å². The largest absolute Gasteiger partial charge is 0.493 e. The Labute approximate surface area is 197 Å². The van der Waals surface area contributed by atoms with E-state index >= 15 is 0 Å². The molecule has 4 rings (SSSR count). The van der Waals surface area contributed by atoms with Gasteiger partial charge in [0.15, 0.2) is 11.5 Å². The Bertz CT molecular complexity index is 973. The van der Waals surface area contributed by atoms with Gasteiger partial charge in [-0.3, -0.25) is 4.79 Å². The van der Waals surface area contributed by atoms with Crippen molar-refractivity contribution in [1.29, 1.82) is 0 Å². The van der Waals surface area contributed by atoms with Crippen LogP contribution in [-0.4, -0.2) is 38.8 Å². The Kier molecular flexibility index (Phi) is 7.58. The highest BCUT2D eigenvalue weighted by Gasteiger charge is 2.26. The molecule has 1 aliphatic heterocycles. The monoisotopic (exact) mass is 448 g/mol. The molecule has 1 heterocycles. The lowest BCUT2D eigenvalue weighted by Gasteiger charge is -2.26. The van der Waals surface area contributed by atoms with Gasteiger partial charge in [-0.15, -0.1) is 0 Å². The van der Waals surface area contributed by atoms with Gasteiger partial charge in [-0.05, 0) is 87.4 Å². The summed E-state index contributed by atoms with van der Waals surface area (Å²) < 4.78 is 11.8. The van der Waals surface area contributed by atoms with Gasteiger partial charge < -0.3 is 19.7 Å². The van der Waals surface area contributed by atoms with Crippen LogP contribution in [0.1, 0.15) is 63.0 Å². The van der Waals surface area contributed by atoms with E-state index in [2.05, 4.69) is 60.5 Å². The van der Waals surface area contributed by atoms with Crippen molar-refractivity contribution in [2.45, 2.75) is 58.0 Å². The first-order chi connectivity index (χ1) is 16.1. The highest BCUT2D eigenvalue weighted by molar-refractivity contribution is 5.98. The predicted molar refractivity (Wildman–Crippen MR) is 134 cm³/mol. The molecule has 0 bridgehead atoms. The molecule has 0 radical (unpaired) electrons. The number of hydrogen-bond acceptors (Lipinski definition) is 4. The maximum Gasteiger partial charge on any atom is 0.247 e. The average Bonchev–Trinajstić information content (AvgIpc) is 3.35. The van der Waals surface area contributed by atoms with Gasteiger partial charge in [0.25, 0.3) is 0 Å². The van der Waals surface area contributed by atoms with Gasteiger partial charge in [0.1, 0.15) is 0 Å². The number of carbonyl (C=O) groups excluding carboxylic acids is 1. The molecule has 1 aliphatic carbocycles. The molecule has 2 aromatic rings. The highest BCUT2D eigenvalue weighted by atomic mass is 16.5. The second-order valence-electron chi connectivity index (χ2n) is 8.98. The van der Waals surface area contributed by atoms with Crippen molar-refractivity contribution in [3.63, 3.8) is 0 Å². The van der Waals surface area contributed by atoms with Crippen LogP contribution in [0.25, 0.3) is 6.08 Å². The lowest BCUT2D eigenvalue weighted by Crippen LogP contribution is -2.35. The molecule has 33 heavy (non-hydrogen) atoms. The van der Waals surface area contributed by atoms with Crippen molar-refractivity contribution in [1.82, 2.24) is 5.32 Å². The summed E-state index contributed by atoms with van der Waals surface area (Å²) in [6, 6.07) is 14.7. The third-order valence-corrected chi connectivity index (χ3v) is 6.88. The van der Waals surface area contributed by atoms with E-state index in [1.807, 2.05) is 12.1 Å². The number of ether oxygens (including phenoxy) is 2. The molecule has 0 unspecified atom stereocenters. The predicted octanol–water partition coefficient (Wildman–Crippen LogP) is 5.55. The van der Waals surface area contributed by atoms with Crippen LogP contribution in [0.4, 0.5) is 5.69 Å². The van der Waals surface area contributed by atoms with Gasteiger partial charge in [0.05, 0.1) is 13.2 Å². The molecule has 2 aromatic carbocycles. The second kappa shape index (κ2) is 10.8. The van der Waals surface area contributed by atoms with Crippen LogP contribution in [0.3, 0.4) is 0 Å². The van der Waals surface area contributed by atoms with Gasteiger partial charge >= 0.3 is 0 Å². The van der Waals surface area contributed by atoms with Crippen LogP contribution < -0.4 is 19.7 Å². The number of hydrogen-bond donors (Lipinski definition) is 1. The molecule has 1 atom stereocenters. The number of methoxy groups -OCH3 is 1. The van der Waals surface area contributed by atoms with Crippen molar-refractivity contribution >= 4 is 17.7 Å². The quantitative estimate of drug-likeness (QED) is 0.538. The third-order valence-electron chi connectivity index (χ3n) is 6.88. The van der Waals surface area contributed by atoms with E-state index in [4.69, 9.17) is 9.47 Å². The molecule has 0 aromatic heterocycles. The summed E-state index contributed by atoms with van der Waals surface area (Å²) in [4.78, 5) is 14.9. The first-order valence-corrected chi connectivity index (χ1v) is 12.3. The molecule has 2 aliphatic rings. The first-order valence-electron chi connectivity index (χ1n) is 12.3. The Hall–Kier alpha value is -2.95. The normalized spacial score (nSPS) is 20.0. The standard InChI is InChI=1S/C28H36N2O3/c1-4-30(5-2)24-13-10-20(11-14-24)16-22-17-23(19-29-28(22)31)21-12-15-26(32-3)27(18-21)33-25-8-6-7-9-25/h10-16,18,23,25H,4-9,17,19H2,1-3H3,(H,29,31)/b22-16+/t23-/m1/s1. The zero-order valence-corrected chi connectivity index (χ0v) is 20.1. The minimum absolute atomic E-state index is 0.0232. The van der Waals surface area contributed by atoms with Crippen LogP contribution in [0.2, 0.25) is 0 Å². The molecule has 1 saturated heterocycles. The maximum absolute atomic E-state index is 12.6. The van der Waals surface area contributed by atoms with Crippen LogP contribution in [0.5, 0.6) is 11.5 Å². The van der Waals surface area contributed by atoms with E-state index in [-0.39, 0.29) is 17.9 Å². The van der Waals surface area contributed by atoms with Crippen molar-refractivity contribution in [2.75, 3.05) is 31.6 Å². The number of nitrogens with zero attached hydrogens (tertiary/aromatic N) is 1. The second-order valence-corrected chi connectivity index (χ2v) is 8.98. The maximum atomic E-state index is 12.6. The summed E-state index contributed by atoms with van der Waals surface area (Å²) in [6.07, 6.45) is 7.66. The average molecular weight is 449 g/mol. The van der Waals surface area contributed by atoms with Gasteiger partial charge in [0.2, 0.25) is 5.91 Å². The summed E-state index contributed by atoms with van der Waals surface area (Å²) in [5, 5.41) is 3.08. The SMILES string of the molecule is CCN(CC)c1ccc(/C=C2\C[C@@H](c3ccc(OC)c(OC4CCCC4)c3)CNC2=O)cc1. The third kappa shape index (κ3) is 5.52. The fraction of sp³-hybridized carbons (Fsp3) is 0.464. The number of carbonyl (C=O) groups is 1. The highest BCUT2D eigenvalue weighted by Crippen LogP contribution is 2.36. The molecule has 5 heteroatoms. The van der Waals surface area contributed by atoms with Gasteiger partial charge in [0, 0.05) is 36.8 Å². The minimum atomic E-state index is 0.0232. The van der Waals surface area contributed by atoms with E-state index in [1.54, 1.807) is 7.11 Å². The Morgan fingerprint density at radius 3 is 2.42 bits per heavy atom. The Balaban J connectivity index is 1.51. The molecule has 0 spiro atoms. The molecule has 1 N–H and O–H groups in total. The summed E-state index contributed by atoms with van der Waals surface area (Å²) in [5.74, 6) is 1.82. The number of piperidine rings is 1. The van der Waals surface area contributed by atoms with Crippen molar-refractivity contribution < 1.29 is 14.3 Å². The van der Waals surface area contributed by atoms with E-state index in [1.165, 1.54) is 24.1 Å². The zero-order valence-electron chi connectivity index (χ0n) is 20.1. The first kappa shape index (κ1) is 23.2. The summed E-state index contributed by atoms with van der Waals surface area (Å²) >= 11 is 0. The Morgan fingerprint density at radius 2 is 1.76 bits per heavy atom. The number of anilines is 1. The van der Waals surface area contributed by atoms with E-state index in [0.717, 1.165) is 48.6 Å². The van der Waals surface area contributed by atoms with Crippen LogP contribution >= 0.6 is 0 Å². The molecule has 2 fully saturated rings. The van der Waals surface area contributed by atoms with Crippen LogP contribution in [-0.2, 0) is 4.79 Å². The molecule has 1 saturated carbocycles.